The number of aromatic nitrogens is 2. The quantitative estimate of drug-likeness (QED) is 0.400. The zero-order valence-electron chi connectivity index (χ0n) is 21.5. The summed E-state index contributed by atoms with van der Waals surface area (Å²) in [6, 6.07) is 15.4. The third kappa shape index (κ3) is 5.26. The average Bonchev–Trinajstić information content (AvgIpc) is 3.19. The third-order valence-corrected chi connectivity index (χ3v) is 7.20. The van der Waals surface area contributed by atoms with Gasteiger partial charge < -0.3 is 10.6 Å². The predicted molar refractivity (Wildman–Crippen MR) is 139 cm³/mol. The molecule has 186 valence electrons. The highest BCUT2D eigenvalue weighted by atomic mass is 19.1. The maximum Gasteiger partial charge on any atom is 0.257 e. The molecule has 6 heteroatoms. The Bertz CT molecular complexity index is 1180. The van der Waals surface area contributed by atoms with Crippen LogP contribution in [0.4, 0.5) is 10.2 Å². The van der Waals surface area contributed by atoms with E-state index in [0.29, 0.717) is 29.1 Å². The van der Waals surface area contributed by atoms with Gasteiger partial charge in [-0.15, -0.1) is 0 Å². The molecule has 0 bridgehead atoms. The number of nitrogens with zero attached hydrogens (tertiary/aromatic N) is 2. The van der Waals surface area contributed by atoms with Crippen molar-refractivity contribution >= 4 is 11.7 Å². The third-order valence-electron chi connectivity index (χ3n) is 7.20. The number of halogens is 1. The summed E-state index contributed by atoms with van der Waals surface area (Å²) in [5.41, 5.74) is 4.08. The van der Waals surface area contributed by atoms with Crippen molar-refractivity contribution in [3.8, 4) is 0 Å². The summed E-state index contributed by atoms with van der Waals surface area (Å²) >= 11 is 0. The lowest BCUT2D eigenvalue weighted by atomic mass is 9.88. The van der Waals surface area contributed by atoms with Crippen LogP contribution in [0.1, 0.15) is 85.7 Å². The molecule has 0 fully saturated rings. The minimum absolute atomic E-state index is 0.0577. The van der Waals surface area contributed by atoms with Crippen molar-refractivity contribution in [2.24, 2.45) is 0 Å². The molecule has 0 saturated carbocycles. The molecule has 2 N–H and O–H groups in total. The summed E-state index contributed by atoms with van der Waals surface area (Å²) in [4.78, 5) is 13.5. The van der Waals surface area contributed by atoms with E-state index in [2.05, 4.69) is 62.6 Å². The molecule has 35 heavy (non-hydrogen) atoms. The Balaban J connectivity index is 1.53. The molecule has 1 aromatic heterocycles. The van der Waals surface area contributed by atoms with Gasteiger partial charge in [0, 0.05) is 11.6 Å². The number of hydrogen-bond donors (Lipinski definition) is 2. The molecule has 4 rings (SSSR count). The first-order valence-corrected chi connectivity index (χ1v) is 12.7. The lowest BCUT2D eigenvalue weighted by Gasteiger charge is -2.38. The minimum atomic E-state index is -0.369. The zero-order chi connectivity index (χ0) is 25.2. The van der Waals surface area contributed by atoms with Gasteiger partial charge >= 0.3 is 0 Å². The van der Waals surface area contributed by atoms with Crippen molar-refractivity contribution in [3.05, 3.63) is 82.3 Å². The van der Waals surface area contributed by atoms with Gasteiger partial charge in [-0.3, -0.25) is 4.79 Å². The fourth-order valence-electron chi connectivity index (χ4n) is 5.04. The first kappa shape index (κ1) is 25.0. The lowest BCUT2D eigenvalue weighted by Crippen LogP contribution is -2.39. The van der Waals surface area contributed by atoms with E-state index >= 15 is 0 Å². The SMILES string of the molecule is CCc1ccc(CCC(CC)NC(=O)c2c(C)nn3c2NC(c2ccccc2F)CC3(C)C)cc1. The number of anilines is 1. The van der Waals surface area contributed by atoms with Gasteiger partial charge in [0.05, 0.1) is 17.3 Å². The Morgan fingerprint density at radius 2 is 1.86 bits per heavy atom. The Morgan fingerprint density at radius 1 is 1.17 bits per heavy atom. The smallest absolute Gasteiger partial charge is 0.257 e. The standard InChI is InChI=1S/C29H37FN4O/c1-6-20-12-14-21(15-13-20)16-17-22(7-2)31-28(35)26-19(3)33-34-27(26)32-25(18-29(34,4)5)23-10-8-9-11-24(23)30/h8-15,22,25,32H,6-7,16-18H2,1-5H3,(H,31,35). The number of aryl methyl sites for hydroxylation is 3. The van der Waals surface area contributed by atoms with E-state index in [1.807, 2.05) is 23.7 Å². The number of benzene rings is 2. The largest absolute Gasteiger partial charge is 0.363 e. The molecule has 2 unspecified atom stereocenters. The van der Waals surface area contributed by atoms with E-state index in [0.717, 1.165) is 25.7 Å². The van der Waals surface area contributed by atoms with Crippen LogP contribution in [0.15, 0.2) is 48.5 Å². The second-order valence-electron chi connectivity index (χ2n) is 10.2. The summed E-state index contributed by atoms with van der Waals surface area (Å²) in [6.45, 7) is 10.3. The van der Waals surface area contributed by atoms with Gasteiger partial charge in [0.15, 0.2) is 0 Å². The Hall–Kier alpha value is -3.15. The van der Waals surface area contributed by atoms with Crippen molar-refractivity contribution < 1.29 is 9.18 Å². The van der Waals surface area contributed by atoms with Crippen LogP contribution in [0, 0.1) is 12.7 Å². The molecule has 2 atom stereocenters. The molecule has 2 heterocycles. The molecule has 0 spiro atoms. The van der Waals surface area contributed by atoms with Gasteiger partial charge in [-0.1, -0.05) is 56.3 Å². The molecule has 1 aliphatic rings. The highest BCUT2D eigenvalue weighted by Crippen LogP contribution is 2.41. The first-order chi connectivity index (χ1) is 16.7. The zero-order valence-corrected chi connectivity index (χ0v) is 21.5. The number of carbonyl (C=O) groups is 1. The van der Waals surface area contributed by atoms with Crippen molar-refractivity contribution in [2.45, 2.75) is 84.3 Å². The van der Waals surface area contributed by atoms with E-state index < -0.39 is 0 Å². The number of rotatable bonds is 8. The van der Waals surface area contributed by atoms with Gasteiger partial charge in [-0.25, -0.2) is 9.07 Å². The number of amides is 1. The van der Waals surface area contributed by atoms with Gasteiger partial charge in [-0.05, 0) is 70.1 Å². The van der Waals surface area contributed by atoms with E-state index in [-0.39, 0.29) is 29.3 Å². The number of fused-ring (bicyclic) bond motifs is 1. The summed E-state index contributed by atoms with van der Waals surface area (Å²) < 4.78 is 16.5. The average molecular weight is 477 g/mol. The van der Waals surface area contributed by atoms with Crippen LogP contribution in [0.25, 0.3) is 0 Å². The lowest BCUT2D eigenvalue weighted by molar-refractivity contribution is 0.0933. The van der Waals surface area contributed by atoms with Gasteiger partial charge in [0.25, 0.3) is 5.91 Å². The second-order valence-corrected chi connectivity index (χ2v) is 10.2. The molecule has 3 aromatic rings. The maximum absolute atomic E-state index is 14.6. The number of carbonyl (C=O) groups excluding carboxylic acids is 1. The molecular formula is C29H37FN4O. The first-order valence-electron chi connectivity index (χ1n) is 12.7. The molecule has 1 aliphatic heterocycles. The van der Waals surface area contributed by atoms with Crippen LogP contribution in [0.2, 0.25) is 0 Å². The molecule has 5 nitrogen and oxygen atoms in total. The van der Waals surface area contributed by atoms with Crippen LogP contribution < -0.4 is 10.6 Å². The Labute approximate surface area is 208 Å². The summed E-state index contributed by atoms with van der Waals surface area (Å²) in [5.74, 6) is 0.290. The summed E-state index contributed by atoms with van der Waals surface area (Å²) in [5, 5.41) is 11.4. The second kappa shape index (κ2) is 10.2. The van der Waals surface area contributed by atoms with Gasteiger partial charge in [-0.2, -0.15) is 5.10 Å². The van der Waals surface area contributed by atoms with Crippen molar-refractivity contribution in [1.82, 2.24) is 15.1 Å². The maximum atomic E-state index is 14.6. The highest BCUT2D eigenvalue weighted by molar-refractivity contribution is 6.00. The van der Waals surface area contributed by atoms with Gasteiger partial charge in [0.1, 0.15) is 17.2 Å². The van der Waals surface area contributed by atoms with E-state index in [1.165, 1.54) is 17.2 Å². The van der Waals surface area contributed by atoms with E-state index in [4.69, 9.17) is 5.10 Å². The summed E-state index contributed by atoms with van der Waals surface area (Å²) in [7, 11) is 0. The molecule has 1 amide bonds. The topological polar surface area (TPSA) is 59.0 Å². The predicted octanol–water partition coefficient (Wildman–Crippen LogP) is 6.33. The monoisotopic (exact) mass is 476 g/mol. The molecule has 0 saturated heterocycles. The van der Waals surface area contributed by atoms with Gasteiger partial charge in [0.2, 0.25) is 0 Å². The molecule has 0 radical (unpaired) electrons. The van der Waals surface area contributed by atoms with E-state index in [1.54, 1.807) is 6.07 Å². The van der Waals surface area contributed by atoms with Crippen LogP contribution in [-0.4, -0.2) is 21.7 Å². The Morgan fingerprint density at radius 3 is 2.51 bits per heavy atom. The fraction of sp³-hybridized carbons (Fsp3) is 0.448. The number of hydrogen-bond acceptors (Lipinski definition) is 3. The normalized spacial score (nSPS) is 17.4. The minimum Gasteiger partial charge on any atom is -0.363 e. The molecular weight excluding hydrogens is 439 g/mol. The summed E-state index contributed by atoms with van der Waals surface area (Å²) in [6.07, 6.45) is 4.32. The van der Waals surface area contributed by atoms with Crippen LogP contribution in [-0.2, 0) is 18.4 Å². The van der Waals surface area contributed by atoms with Crippen molar-refractivity contribution in [3.63, 3.8) is 0 Å². The van der Waals surface area contributed by atoms with E-state index in [9.17, 15) is 9.18 Å². The molecule has 2 aromatic carbocycles. The van der Waals surface area contributed by atoms with Crippen LogP contribution in [0.5, 0.6) is 0 Å². The van der Waals surface area contributed by atoms with Crippen LogP contribution >= 0.6 is 0 Å². The van der Waals surface area contributed by atoms with Crippen molar-refractivity contribution in [1.29, 1.82) is 0 Å². The highest BCUT2D eigenvalue weighted by Gasteiger charge is 2.38. The van der Waals surface area contributed by atoms with Crippen molar-refractivity contribution in [2.75, 3.05) is 5.32 Å². The molecule has 0 aliphatic carbocycles. The Kier molecular flexibility index (Phi) is 7.29. The number of nitrogens with one attached hydrogen (secondary N) is 2. The fourth-order valence-corrected chi connectivity index (χ4v) is 5.04. The van der Waals surface area contributed by atoms with Crippen LogP contribution in [0.3, 0.4) is 0 Å².